The molecule has 0 aromatic carbocycles. The minimum absolute atomic E-state index is 0.145. The van der Waals surface area contributed by atoms with Crippen LogP contribution in [0, 0.1) is 5.92 Å². The van der Waals surface area contributed by atoms with Crippen molar-refractivity contribution in [2.75, 3.05) is 6.54 Å². The first-order chi connectivity index (χ1) is 7.18. The highest BCUT2D eigenvalue weighted by molar-refractivity contribution is 5.66. The standard InChI is InChI=1S/C11H16N2O2/c1-9(6-11(14)15)7-12-8-10-4-2-3-5-13-10/h2-5,9,12H,6-8H2,1H3,(H,14,15). The van der Waals surface area contributed by atoms with Crippen LogP contribution in [0.2, 0.25) is 0 Å². The summed E-state index contributed by atoms with van der Waals surface area (Å²) >= 11 is 0. The van der Waals surface area contributed by atoms with Gasteiger partial charge in [-0.05, 0) is 24.6 Å². The summed E-state index contributed by atoms with van der Waals surface area (Å²) in [6.07, 6.45) is 1.95. The monoisotopic (exact) mass is 208 g/mol. The van der Waals surface area contributed by atoms with Crippen LogP contribution in [0.15, 0.2) is 24.4 Å². The Morgan fingerprint density at radius 3 is 3.00 bits per heavy atom. The fraction of sp³-hybridized carbons (Fsp3) is 0.455. The maximum absolute atomic E-state index is 10.4. The summed E-state index contributed by atoms with van der Waals surface area (Å²) in [4.78, 5) is 14.6. The van der Waals surface area contributed by atoms with Gasteiger partial charge in [0, 0.05) is 19.2 Å². The van der Waals surface area contributed by atoms with Crippen molar-refractivity contribution in [1.29, 1.82) is 0 Å². The minimum atomic E-state index is -0.748. The number of nitrogens with one attached hydrogen (secondary N) is 1. The average molecular weight is 208 g/mol. The second kappa shape index (κ2) is 6.14. The van der Waals surface area contributed by atoms with E-state index in [-0.39, 0.29) is 12.3 Å². The molecule has 0 fully saturated rings. The highest BCUT2D eigenvalue weighted by atomic mass is 16.4. The number of aromatic nitrogens is 1. The van der Waals surface area contributed by atoms with Crippen LogP contribution in [0.4, 0.5) is 0 Å². The Labute approximate surface area is 89.3 Å². The van der Waals surface area contributed by atoms with Gasteiger partial charge in [0.1, 0.15) is 0 Å². The molecule has 0 aliphatic heterocycles. The molecule has 1 atom stereocenters. The molecule has 0 spiro atoms. The Balaban J connectivity index is 2.19. The summed E-state index contributed by atoms with van der Waals surface area (Å²) in [5.74, 6) is -0.603. The normalized spacial score (nSPS) is 12.3. The van der Waals surface area contributed by atoms with Crippen molar-refractivity contribution in [3.8, 4) is 0 Å². The van der Waals surface area contributed by atoms with E-state index in [1.54, 1.807) is 6.20 Å². The number of hydrogen-bond donors (Lipinski definition) is 2. The molecule has 0 saturated carbocycles. The third-order valence-corrected chi connectivity index (χ3v) is 2.05. The summed E-state index contributed by atoms with van der Waals surface area (Å²) in [7, 11) is 0. The first-order valence-corrected chi connectivity index (χ1v) is 5.01. The zero-order chi connectivity index (χ0) is 11.1. The number of carboxylic acids is 1. The highest BCUT2D eigenvalue weighted by Crippen LogP contribution is 2.00. The zero-order valence-electron chi connectivity index (χ0n) is 8.81. The third kappa shape index (κ3) is 5.12. The molecule has 0 bridgehead atoms. The molecule has 1 aromatic heterocycles. The predicted octanol–water partition coefficient (Wildman–Crippen LogP) is 1.28. The molecule has 0 aliphatic rings. The molecule has 82 valence electrons. The van der Waals surface area contributed by atoms with Gasteiger partial charge in [0.25, 0.3) is 0 Å². The van der Waals surface area contributed by atoms with Gasteiger partial charge in [-0.3, -0.25) is 9.78 Å². The largest absolute Gasteiger partial charge is 0.481 e. The van der Waals surface area contributed by atoms with Gasteiger partial charge in [-0.15, -0.1) is 0 Å². The molecule has 1 aromatic rings. The number of aliphatic carboxylic acids is 1. The molecule has 1 unspecified atom stereocenters. The highest BCUT2D eigenvalue weighted by Gasteiger charge is 2.06. The Kier molecular flexibility index (Phi) is 4.77. The number of rotatable bonds is 6. The van der Waals surface area contributed by atoms with E-state index in [2.05, 4.69) is 10.3 Å². The van der Waals surface area contributed by atoms with E-state index in [9.17, 15) is 4.79 Å². The number of pyridine rings is 1. The van der Waals surface area contributed by atoms with Crippen molar-refractivity contribution in [2.45, 2.75) is 19.9 Å². The average Bonchev–Trinajstić information content (AvgIpc) is 2.18. The number of hydrogen-bond acceptors (Lipinski definition) is 3. The predicted molar refractivity (Wildman–Crippen MR) is 57.4 cm³/mol. The molecule has 4 heteroatoms. The second-order valence-corrected chi connectivity index (χ2v) is 3.66. The van der Waals surface area contributed by atoms with E-state index in [4.69, 9.17) is 5.11 Å². The van der Waals surface area contributed by atoms with Crippen molar-refractivity contribution in [1.82, 2.24) is 10.3 Å². The van der Waals surface area contributed by atoms with Crippen molar-refractivity contribution >= 4 is 5.97 Å². The Hall–Kier alpha value is -1.42. The molecule has 0 amide bonds. The van der Waals surface area contributed by atoms with E-state index < -0.39 is 5.97 Å². The quantitative estimate of drug-likeness (QED) is 0.739. The fourth-order valence-corrected chi connectivity index (χ4v) is 1.32. The first kappa shape index (κ1) is 11.7. The minimum Gasteiger partial charge on any atom is -0.481 e. The second-order valence-electron chi connectivity index (χ2n) is 3.66. The van der Waals surface area contributed by atoms with E-state index >= 15 is 0 Å². The number of carboxylic acid groups (broad SMARTS) is 1. The van der Waals surface area contributed by atoms with Crippen molar-refractivity contribution in [3.63, 3.8) is 0 Å². The lowest BCUT2D eigenvalue weighted by molar-refractivity contribution is -0.137. The topological polar surface area (TPSA) is 62.2 Å². The van der Waals surface area contributed by atoms with Gasteiger partial charge in [0.2, 0.25) is 0 Å². The SMILES string of the molecule is CC(CNCc1ccccn1)CC(=O)O. The van der Waals surface area contributed by atoms with Gasteiger partial charge < -0.3 is 10.4 Å². The Morgan fingerprint density at radius 2 is 2.40 bits per heavy atom. The van der Waals surface area contributed by atoms with Crippen LogP contribution in [0.3, 0.4) is 0 Å². The Bertz CT molecular complexity index is 301. The smallest absolute Gasteiger partial charge is 0.303 e. The molecule has 1 rings (SSSR count). The number of nitrogens with zero attached hydrogens (tertiary/aromatic N) is 1. The first-order valence-electron chi connectivity index (χ1n) is 5.01. The van der Waals surface area contributed by atoms with Gasteiger partial charge in [-0.2, -0.15) is 0 Å². The van der Waals surface area contributed by atoms with Crippen LogP contribution in [0.5, 0.6) is 0 Å². The fourth-order valence-electron chi connectivity index (χ4n) is 1.32. The molecule has 2 N–H and O–H groups in total. The lowest BCUT2D eigenvalue weighted by Gasteiger charge is -2.09. The van der Waals surface area contributed by atoms with E-state index in [1.165, 1.54) is 0 Å². The summed E-state index contributed by atoms with van der Waals surface area (Å²) < 4.78 is 0. The van der Waals surface area contributed by atoms with E-state index in [0.717, 1.165) is 5.69 Å². The van der Waals surface area contributed by atoms with Gasteiger partial charge in [0.05, 0.1) is 5.69 Å². The van der Waals surface area contributed by atoms with Crippen LogP contribution in [0.25, 0.3) is 0 Å². The maximum Gasteiger partial charge on any atom is 0.303 e. The maximum atomic E-state index is 10.4. The van der Waals surface area contributed by atoms with Crippen molar-refractivity contribution in [3.05, 3.63) is 30.1 Å². The van der Waals surface area contributed by atoms with Gasteiger partial charge in [-0.1, -0.05) is 13.0 Å². The summed E-state index contributed by atoms with van der Waals surface area (Å²) in [6, 6.07) is 5.75. The van der Waals surface area contributed by atoms with Crippen LogP contribution in [-0.2, 0) is 11.3 Å². The van der Waals surface area contributed by atoms with Crippen molar-refractivity contribution < 1.29 is 9.90 Å². The van der Waals surface area contributed by atoms with Crippen molar-refractivity contribution in [2.24, 2.45) is 5.92 Å². The van der Waals surface area contributed by atoms with E-state index in [1.807, 2.05) is 25.1 Å². The molecule has 4 nitrogen and oxygen atoms in total. The lowest BCUT2D eigenvalue weighted by atomic mass is 10.1. The molecule has 0 aliphatic carbocycles. The molecular weight excluding hydrogens is 192 g/mol. The Morgan fingerprint density at radius 1 is 1.60 bits per heavy atom. The third-order valence-electron chi connectivity index (χ3n) is 2.05. The van der Waals surface area contributed by atoms with Gasteiger partial charge >= 0.3 is 5.97 Å². The lowest BCUT2D eigenvalue weighted by Crippen LogP contribution is -2.22. The molecule has 0 saturated heterocycles. The van der Waals surface area contributed by atoms with Crippen LogP contribution in [0.1, 0.15) is 19.0 Å². The summed E-state index contributed by atoms with van der Waals surface area (Å²) in [6.45, 7) is 3.30. The van der Waals surface area contributed by atoms with Crippen LogP contribution >= 0.6 is 0 Å². The summed E-state index contributed by atoms with van der Waals surface area (Å²) in [5, 5.41) is 11.7. The number of carbonyl (C=O) groups is 1. The van der Waals surface area contributed by atoms with E-state index in [0.29, 0.717) is 13.1 Å². The van der Waals surface area contributed by atoms with Crippen LogP contribution < -0.4 is 5.32 Å². The summed E-state index contributed by atoms with van der Waals surface area (Å²) in [5.41, 5.74) is 0.972. The molecular formula is C11H16N2O2. The molecule has 1 heterocycles. The van der Waals surface area contributed by atoms with Gasteiger partial charge in [-0.25, -0.2) is 0 Å². The molecule has 15 heavy (non-hydrogen) atoms. The van der Waals surface area contributed by atoms with Gasteiger partial charge in [0.15, 0.2) is 0 Å². The zero-order valence-corrected chi connectivity index (χ0v) is 8.81. The van der Waals surface area contributed by atoms with Crippen LogP contribution in [-0.4, -0.2) is 22.6 Å². The molecule has 0 radical (unpaired) electrons.